The van der Waals surface area contributed by atoms with Gasteiger partial charge in [0, 0.05) is 0 Å². The second-order valence-corrected chi connectivity index (χ2v) is 5.17. The van der Waals surface area contributed by atoms with Crippen LogP contribution in [-0.2, 0) is 16.6 Å². The summed E-state index contributed by atoms with van der Waals surface area (Å²) < 4.78 is 0. The Morgan fingerprint density at radius 2 is 1.79 bits per heavy atom. The first-order chi connectivity index (χ1) is 9.02. The van der Waals surface area contributed by atoms with Crippen LogP contribution in [0.3, 0.4) is 0 Å². The van der Waals surface area contributed by atoms with Crippen molar-refractivity contribution in [3.05, 3.63) is 71.3 Å². The number of carbonyl (C=O) groups is 1. The molecule has 0 aliphatic rings. The number of carboxylic acids is 1. The molecule has 2 heteroatoms. The van der Waals surface area contributed by atoms with Gasteiger partial charge < -0.3 is 5.11 Å². The van der Waals surface area contributed by atoms with Crippen molar-refractivity contribution < 1.29 is 9.90 Å². The van der Waals surface area contributed by atoms with Crippen LogP contribution in [0.1, 0.15) is 23.6 Å². The topological polar surface area (TPSA) is 37.3 Å². The smallest absolute Gasteiger partial charge is 0.314 e. The van der Waals surface area contributed by atoms with Crippen molar-refractivity contribution in [1.29, 1.82) is 0 Å². The van der Waals surface area contributed by atoms with Gasteiger partial charge in [0.2, 0.25) is 0 Å². The molecule has 0 aliphatic heterocycles. The summed E-state index contributed by atoms with van der Waals surface area (Å²) in [5.74, 6) is -0.791. The Morgan fingerprint density at radius 3 is 2.37 bits per heavy atom. The molecule has 2 nitrogen and oxygen atoms in total. The monoisotopic (exact) mass is 254 g/mol. The van der Waals surface area contributed by atoms with E-state index >= 15 is 0 Å². The van der Waals surface area contributed by atoms with E-state index in [0.717, 1.165) is 16.7 Å². The van der Waals surface area contributed by atoms with E-state index in [-0.39, 0.29) is 0 Å². The van der Waals surface area contributed by atoms with Gasteiger partial charge in [-0.2, -0.15) is 0 Å². The predicted octanol–water partition coefficient (Wildman–Crippen LogP) is 3.58. The van der Waals surface area contributed by atoms with Gasteiger partial charge in [-0.1, -0.05) is 60.2 Å². The number of hydrogen-bond acceptors (Lipinski definition) is 1. The molecule has 0 heterocycles. The van der Waals surface area contributed by atoms with Crippen LogP contribution >= 0.6 is 0 Å². The van der Waals surface area contributed by atoms with E-state index in [9.17, 15) is 9.90 Å². The second-order valence-electron chi connectivity index (χ2n) is 5.17. The second kappa shape index (κ2) is 5.27. The lowest BCUT2D eigenvalue weighted by Gasteiger charge is -2.25. The summed E-state index contributed by atoms with van der Waals surface area (Å²) in [4.78, 5) is 11.7. The SMILES string of the molecule is Cc1cccc(CC(C)(C(=O)O)c2ccccc2)c1. The maximum Gasteiger partial charge on any atom is 0.314 e. The van der Waals surface area contributed by atoms with E-state index in [4.69, 9.17) is 0 Å². The molecule has 98 valence electrons. The van der Waals surface area contributed by atoms with E-state index in [1.165, 1.54) is 0 Å². The molecular formula is C17H18O2. The van der Waals surface area contributed by atoms with Crippen LogP contribution in [0.4, 0.5) is 0 Å². The number of benzene rings is 2. The average Bonchev–Trinajstić information content (AvgIpc) is 2.39. The predicted molar refractivity (Wildman–Crippen MR) is 76.3 cm³/mol. The molecule has 2 aromatic carbocycles. The van der Waals surface area contributed by atoms with Gasteiger partial charge in [0.15, 0.2) is 0 Å². The van der Waals surface area contributed by atoms with Crippen molar-refractivity contribution in [1.82, 2.24) is 0 Å². The first-order valence-electron chi connectivity index (χ1n) is 6.37. The van der Waals surface area contributed by atoms with E-state index in [1.54, 1.807) is 6.92 Å². The van der Waals surface area contributed by atoms with Gasteiger partial charge in [0.05, 0.1) is 5.41 Å². The van der Waals surface area contributed by atoms with Gasteiger partial charge in [-0.25, -0.2) is 0 Å². The number of rotatable bonds is 4. The fourth-order valence-corrected chi connectivity index (χ4v) is 2.34. The van der Waals surface area contributed by atoms with Crippen molar-refractivity contribution >= 4 is 5.97 Å². The van der Waals surface area contributed by atoms with Crippen LogP contribution < -0.4 is 0 Å². The number of aryl methyl sites for hydroxylation is 1. The molecule has 0 saturated heterocycles. The van der Waals surface area contributed by atoms with Crippen LogP contribution in [-0.4, -0.2) is 11.1 Å². The molecule has 0 spiro atoms. The van der Waals surface area contributed by atoms with E-state index in [1.807, 2.05) is 61.5 Å². The summed E-state index contributed by atoms with van der Waals surface area (Å²) >= 11 is 0. The largest absolute Gasteiger partial charge is 0.481 e. The summed E-state index contributed by atoms with van der Waals surface area (Å²) in [6.45, 7) is 3.80. The highest BCUT2D eigenvalue weighted by Gasteiger charge is 2.35. The van der Waals surface area contributed by atoms with Crippen LogP contribution in [0, 0.1) is 6.92 Å². The Morgan fingerprint density at radius 1 is 1.11 bits per heavy atom. The van der Waals surface area contributed by atoms with Crippen molar-refractivity contribution in [2.45, 2.75) is 25.7 Å². The maximum absolute atomic E-state index is 11.7. The normalized spacial score (nSPS) is 13.8. The number of carboxylic acid groups (broad SMARTS) is 1. The van der Waals surface area contributed by atoms with Gasteiger partial charge in [-0.3, -0.25) is 4.79 Å². The van der Waals surface area contributed by atoms with Gasteiger partial charge in [0.1, 0.15) is 0 Å². The first kappa shape index (κ1) is 13.3. The first-order valence-corrected chi connectivity index (χ1v) is 6.37. The molecule has 0 fully saturated rings. The minimum absolute atomic E-state index is 0.494. The quantitative estimate of drug-likeness (QED) is 0.905. The zero-order valence-corrected chi connectivity index (χ0v) is 11.3. The standard InChI is InChI=1S/C17H18O2/c1-13-7-6-8-14(11-13)12-17(2,16(18)19)15-9-4-3-5-10-15/h3-11H,12H2,1-2H3,(H,18,19). The zero-order chi connectivity index (χ0) is 13.9. The molecule has 2 aromatic rings. The summed E-state index contributed by atoms with van der Waals surface area (Å²) in [5, 5.41) is 9.62. The molecule has 1 N–H and O–H groups in total. The van der Waals surface area contributed by atoms with E-state index in [0.29, 0.717) is 6.42 Å². The molecule has 19 heavy (non-hydrogen) atoms. The van der Waals surface area contributed by atoms with Crippen molar-refractivity contribution in [3.8, 4) is 0 Å². The molecule has 2 rings (SSSR count). The van der Waals surface area contributed by atoms with Crippen molar-refractivity contribution in [2.75, 3.05) is 0 Å². The van der Waals surface area contributed by atoms with Gasteiger partial charge in [-0.15, -0.1) is 0 Å². The summed E-state index contributed by atoms with van der Waals surface area (Å²) in [6, 6.07) is 17.4. The third-order valence-corrected chi connectivity index (χ3v) is 3.52. The van der Waals surface area contributed by atoms with Crippen molar-refractivity contribution in [2.24, 2.45) is 0 Å². The third-order valence-electron chi connectivity index (χ3n) is 3.52. The van der Waals surface area contributed by atoms with Gasteiger partial charge >= 0.3 is 5.97 Å². The van der Waals surface area contributed by atoms with Crippen LogP contribution in [0.15, 0.2) is 54.6 Å². The average molecular weight is 254 g/mol. The molecule has 0 aliphatic carbocycles. The zero-order valence-electron chi connectivity index (χ0n) is 11.3. The molecule has 0 aromatic heterocycles. The molecular weight excluding hydrogens is 236 g/mol. The number of aliphatic carboxylic acids is 1. The molecule has 0 bridgehead atoms. The Balaban J connectivity index is 2.39. The summed E-state index contributed by atoms with van der Waals surface area (Å²) in [6.07, 6.45) is 0.494. The van der Waals surface area contributed by atoms with E-state index < -0.39 is 11.4 Å². The Hall–Kier alpha value is -2.09. The minimum Gasteiger partial charge on any atom is -0.481 e. The highest BCUT2D eigenvalue weighted by atomic mass is 16.4. The number of hydrogen-bond donors (Lipinski definition) is 1. The molecule has 1 unspecified atom stereocenters. The Bertz CT molecular complexity index is 575. The van der Waals surface area contributed by atoms with Gasteiger partial charge in [0.25, 0.3) is 0 Å². The highest BCUT2D eigenvalue weighted by Crippen LogP contribution is 2.28. The molecule has 1 atom stereocenters. The highest BCUT2D eigenvalue weighted by molar-refractivity contribution is 5.81. The lowest BCUT2D eigenvalue weighted by atomic mass is 9.77. The molecule has 0 radical (unpaired) electrons. The Labute approximate surface area is 113 Å². The fourth-order valence-electron chi connectivity index (χ4n) is 2.34. The van der Waals surface area contributed by atoms with Gasteiger partial charge in [-0.05, 0) is 31.4 Å². The van der Waals surface area contributed by atoms with Crippen molar-refractivity contribution in [3.63, 3.8) is 0 Å². The lowest BCUT2D eigenvalue weighted by Crippen LogP contribution is -2.34. The van der Waals surface area contributed by atoms with E-state index in [2.05, 4.69) is 0 Å². The van der Waals surface area contributed by atoms with Crippen LogP contribution in [0.5, 0.6) is 0 Å². The molecule has 0 saturated carbocycles. The van der Waals surface area contributed by atoms with Crippen LogP contribution in [0.2, 0.25) is 0 Å². The lowest BCUT2D eigenvalue weighted by molar-refractivity contribution is -0.143. The summed E-state index contributed by atoms with van der Waals surface area (Å²) in [5.41, 5.74) is 2.14. The maximum atomic E-state index is 11.7. The van der Waals surface area contributed by atoms with Crippen LogP contribution in [0.25, 0.3) is 0 Å². The molecule has 0 amide bonds. The fraction of sp³-hybridized carbons (Fsp3) is 0.235. The third kappa shape index (κ3) is 2.84. The minimum atomic E-state index is -0.894. The Kier molecular flexibility index (Phi) is 3.70. The summed E-state index contributed by atoms with van der Waals surface area (Å²) in [7, 11) is 0.